The lowest BCUT2D eigenvalue weighted by Gasteiger charge is -2.17. The second-order valence-electron chi connectivity index (χ2n) is 5.37. The number of benzene rings is 2. The van der Waals surface area contributed by atoms with E-state index in [4.69, 9.17) is 4.74 Å². The van der Waals surface area contributed by atoms with Crippen molar-refractivity contribution in [3.8, 4) is 0 Å². The summed E-state index contributed by atoms with van der Waals surface area (Å²) in [5, 5.41) is 0. The molecular weight excluding hydrogens is 278 g/mol. The van der Waals surface area contributed by atoms with E-state index in [1.54, 1.807) is 23.1 Å². The van der Waals surface area contributed by atoms with E-state index < -0.39 is 5.97 Å². The van der Waals surface area contributed by atoms with Gasteiger partial charge in [0.15, 0.2) is 6.61 Å². The zero-order valence-electron chi connectivity index (χ0n) is 12.4. The van der Waals surface area contributed by atoms with E-state index in [1.165, 1.54) is 0 Å². The summed E-state index contributed by atoms with van der Waals surface area (Å²) in [7, 11) is 0. The fourth-order valence-electron chi connectivity index (χ4n) is 2.66. The third kappa shape index (κ3) is 2.86. The van der Waals surface area contributed by atoms with E-state index in [0.717, 1.165) is 23.2 Å². The van der Waals surface area contributed by atoms with Crippen LogP contribution in [0.4, 0.5) is 5.69 Å². The van der Waals surface area contributed by atoms with E-state index in [9.17, 15) is 9.59 Å². The average Bonchev–Trinajstić information content (AvgIpc) is 2.96. The van der Waals surface area contributed by atoms with Gasteiger partial charge in [-0.15, -0.1) is 0 Å². The maximum absolute atomic E-state index is 12.3. The minimum absolute atomic E-state index is 0.189. The van der Waals surface area contributed by atoms with E-state index in [2.05, 4.69) is 0 Å². The van der Waals surface area contributed by atoms with Crippen molar-refractivity contribution < 1.29 is 14.3 Å². The van der Waals surface area contributed by atoms with Gasteiger partial charge >= 0.3 is 5.97 Å². The first kappa shape index (κ1) is 14.3. The van der Waals surface area contributed by atoms with Crippen LogP contribution in [0, 0.1) is 6.92 Å². The highest BCUT2D eigenvalue weighted by atomic mass is 16.5. The fraction of sp³-hybridized carbons (Fsp3) is 0.222. The number of nitrogens with zero attached hydrogens (tertiary/aromatic N) is 1. The highest BCUT2D eigenvalue weighted by molar-refractivity contribution is 5.98. The Morgan fingerprint density at radius 2 is 1.95 bits per heavy atom. The summed E-state index contributed by atoms with van der Waals surface area (Å²) in [6.07, 6.45) is 0.841. The molecule has 0 saturated carbocycles. The van der Waals surface area contributed by atoms with Crippen molar-refractivity contribution in [3.05, 3.63) is 65.2 Å². The van der Waals surface area contributed by atoms with Gasteiger partial charge in [-0.3, -0.25) is 4.79 Å². The number of fused-ring (bicyclic) bond motifs is 1. The van der Waals surface area contributed by atoms with Crippen LogP contribution in [-0.2, 0) is 16.0 Å². The van der Waals surface area contributed by atoms with Crippen LogP contribution >= 0.6 is 0 Å². The topological polar surface area (TPSA) is 46.6 Å². The Kier molecular flexibility index (Phi) is 3.92. The van der Waals surface area contributed by atoms with Gasteiger partial charge in [-0.1, -0.05) is 35.9 Å². The predicted octanol–water partition coefficient (Wildman–Crippen LogP) is 2.74. The molecule has 112 valence electrons. The summed E-state index contributed by atoms with van der Waals surface area (Å²) in [4.78, 5) is 25.9. The number of rotatable bonds is 3. The third-order valence-corrected chi connectivity index (χ3v) is 3.77. The lowest BCUT2D eigenvalue weighted by Crippen LogP contribution is -2.33. The third-order valence-electron chi connectivity index (χ3n) is 3.77. The van der Waals surface area contributed by atoms with Crippen LogP contribution in [0.15, 0.2) is 48.5 Å². The van der Waals surface area contributed by atoms with E-state index in [1.807, 2.05) is 37.3 Å². The lowest BCUT2D eigenvalue weighted by molar-refractivity contribution is -0.121. The van der Waals surface area contributed by atoms with Gasteiger partial charge in [-0.05, 0) is 37.1 Å². The smallest absolute Gasteiger partial charge is 0.338 e. The number of para-hydroxylation sites is 1. The average molecular weight is 295 g/mol. The van der Waals surface area contributed by atoms with E-state index in [0.29, 0.717) is 12.1 Å². The van der Waals surface area contributed by atoms with Crippen molar-refractivity contribution in [1.82, 2.24) is 0 Å². The molecular formula is C18H17NO3. The van der Waals surface area contributed by atoms with Gasteiger partial charge in [0.25, 0.3) is 5.91 Å². The summed E-state index contributed by atoms with van der Waals surface area (Å²) in [5.74, 6) is -0.657. The molecule has 22 heavy (non-hydrogen) atoms. The standard InChI is InChI=1S/C18H17NO3/c1-13-5-4-7-15(11-13)18(21)22-12-17(20)19-10-9-14-6-2-3-8-16(14)19/h2-8,11H,9-10,12H2,1H3. The van der Waals surface area contributed by atoms with Gasteiger partial charge < -0.3 is 9.64 Å². The molecule has 3 rings (SSSR count). The second kappa shape index (κ2) is 6.02. The summed E-state index contributed by atoms with van der Waals surface area (Å²) in [6.45, 7) is 2.31. The quantitative estimate of drug-likeness (QED) is 0.818. The van der Waals surface area contributed by atoms with Crippen LogP contribution in [0.3, 0.4) is 0 Å². The largest absolute Gasteiger partial charge is 0.452 e. The summed E-state index contributed by atoms with van der Waals surface area (Å²) >= 11 is 0. The fourth-order valence-corrected chi connectivity index (χ4v) is 2.66. The van der Waals surface area contributed by atoms with Crippen LogP contribution in [0.25, 0.3) is 0 Å². The van der Waals surface area contributed by atoms with E-state index in [-0.39, 0.29) is 12.5 Å². The number of ether oxygens (including phenoxy) is 1. The number of esters is 1. The molecule has 0 unspecified atom stereocenters. The monoisotopic (exact) mass is 295 g/mol. The number of hydrogen-bond donors (Lipinski definition) is 0. The van der Waals surface area contributed by atoms with Crippen molar-refractivity contribution in [2.24, 2.45) is 0 Å². The van der Waals surface area contributed by atoms with Gasteiger partial charge in [0.2, 0.25) is 0 Å². The molecule has 2 aromatic rings. The minimum atomic E-state index is -0.468. The van der Waals surface area contributed by atoms with Crippen molar-refractivity contribution in [3.63, 3.8) is 0 Å². The van der Waals surface area contributed by atoms with Crippen LogP contribution < -0.4 is 4.90 Å². The van der Waals surface area contributed by atoms with Crippen molar-refractivity contribution in [2.45, 2.75) is 13.3 Å². The Morgan fingerprint density at radius 3 is 2.77 bits per heavy atom. The molecule has 1 heterocycles. The molecule has 0 aliphatic carbocycles. The Morgan fingerprint density at radius 1 is 1.14 bits per heavy atom. The predicted molar refractivity (Wildman–Crippen MR) is 84.0 cm³/mol. The number of carbonyl (C=O) groups excluding carboxylic acids is 2. The van der Waals surface area contributed by atoms with Crippen LogP contribution in [0.2, 0.25) is 0 Å². The van der Waals surface area contributed by atoms with Gasteiger partial charge in [0.1, 0.15) is 0 Å². The highest BCUT2D eigenvalue weighted by Crippen LogP contribution is 2.27. The molecule has 0 aromatic heterocycles. The zero-order valence-corrected chi connectivity index (χ0v) is 12.4. The molecule has 0 spiro atoms. The molecule has 0 radical (unpaired) electrons. The molecule has 0 saturated heterocycles. The minimum Gasteiger partial charge on any atom is -0.452 e. The molecule has 0 fully saturated rings. The molecule has 1 aliphatic rings. The Labute approximate surface area is 129 Å². The summed E-state index contributed by atoms with van der Waals surface area (Å²) in [6, 6.07) is 14.9. The normalized spacial score (nSPS) is 12.9. The van der Waals surface area contributed by atoms with Crippen LogP contribution in [-0.4, -0.2) is 25.0 Å². The molecule has 4 heteroatoms. The van der Waals surface area contributed by atoms with Crippen molar-refractivity contribution in [1.29, 1.82) is 0 Å². The highest BCUT2D eigenvalue weighted by Gasteiger charge is 2.24. The molecule has 4 nitrogen and oxygen atoms in total. The molecule has 1 amide bonds. The number of anilines is 1. The van der Waals surface area contributed by atoms with Gasteiger partial charge in [-0.2, -0.15) is 0 Å². The van der Waals surface area contributed by atoms with Crippen LogP contribution in [0.5, 0.6) is 0 Å². The number of hydrogen-bond acceptors (Lipinski definition) is 3. The SMILES string of the molecule is Cc1cccc(C(=O)OCC(=O)N2CCc3ccccc32)c1. The van der Waals surface area contributed by atoms with Crippen LogP contribution in [0.1, 0.15) is 21.5 Å². The second-order valence-corrected chi connectivity index (χ2v) is 5.37. The van der Waals surface area contributed by atoms with E-state index >= 15 is 0 Å². The first-order chi connectivity index (χ1) is 10.6. The van der Waals surface area contributed by atoms with Gasteiger partial charge in [0, 0.05) is 12.2 Å². The lowest BCUT2D eigenvalue weighted by atomic mass is 10.1. The molecule has 0 bridgehead atoms. The maximum Gasteiger partial charge on any atom is 0.338 e. The first-order valence-corrected chi connectivity index (χ1v) is 7.27. The number of aryl methyl sites for hydroxylation is 1. The van der Waals surface area contributed by atoms with Crippen molar-refractivity contribution in [2.75, 3.05) is 18.1 Å². The Bertz CT molecular complexity index is 724. The molecule has 0 atom stereocenters. The molecule has 2 aromatic carbocycles. The molecule has 0 N–H and O–H groups in total. The number of amides is 1. The molecule has 1 aliphatic heterocycles. The zero-order chi connectivity index (χ0) is 15.5. The Balaban J connectivity index is 1.63. The van der Waals surface area contributed by atoms with Gasteiger partial charge in [0.05, 0.1) is 5.56 Å². The summed E-state index contributed by atoms with van der Waals surface area (Å²) < 4.78 is 5.14. The summed E-state index contributed by atoms with van der Waals surface area (Å²) in [5.41, 5.74) is 3.52. The first-order valence-electron chi connectivity index (χ1n) is 7.27. The Hall–Kier alpha value is -2.62. The van der Waals surface area contributed by atoms with Gasteiger partial charge in [-0.25, -0.2) is 4.79 Å². The van der Waals surface area contributed by atoms with Crippen molar-refractivity contribution >= 4 is 17.6 Å². The number of carbonyl (C=O) groups is 2. The maximum atomic E-state index is 12.3.